The van der Waals surface area contributed by atoms with Gasteiger partial charge in [-0.2, -0.15) is 0 Å². The van der Waals surface area contributed by atoms with Gasteiger partial charge in [0, 0.05) is 19.1 Å². The lowest BCUT2D eigenvalue weighted by Gasteiger charge is -2.29. The normalized spacial score (nSPS) is 31.8. The number of hydrogen-bond acceptors (Lipinski definition) is 4. The second-order valence-electron chi connectivity index (χ2n) is 6.47. The van der Waals surface area contributed by atoms with Gasteiger partial charge in [0.1, 0.15) is 5.60 Å². The molecular weight excluding hydrogens is 246 g/mol. The molecule has 2 fully saturated rings. The van der Waals surface area contributed by atoms with E-state index in [1.54, 1.807) is 4.90 Å². The van der Waals surface area contributed by atoms with Gasteiger partial charge >= 0.3 is 6.09 Å². The Hall–Kier alpha value is -0.810. The highest BCUT2D eigenvalue weighted by Gasteiger charge is 2.45. The van der Waals surface area contributed by atoms with Crippen molar-refractivity contribution < 1.29 is 19.4 Å². The fourth-order valence-corrected chi connectivity index (χ4v) is 2.95. The molecule has 2 rings (SSSR count). The Morgan fingerprint density at radius 2 is 2.16 bits per heavy atom. The predicted octanol–water partition coefficient (Wildman–Crippen LogP) is 1.78. The first kappa shape index (κ1) is 14.6. The molecule has 5 nitrogen and oxygen atoms in total. The number of nitrogens with zero attached hydrogens (tertiary/aromatic N) is 1. The molecule has 0 saturated carbocycles. The van der Waals surface area contributed by atoms with Crippen LogP contribution in [0.4, 0.5) is 4.79 Å². The van der Waals surface area contributed by atoms with Crippen LogP contribution in [-0.2, 0) is 9.47 Å². The summed E-state index contributed by atoms with van der Waals surface area (Å²) in [5.41, 5.74) is -0.511. The molecule has 2 aliphatic heterocycles. The van der Waals surface area contributed by atoms with Crippen molar-refractivity contribution in [2.75, 3.05) is 19.8 Å². The molecule has 0 aromatic carbocycles. The lowest BCUT2D eigenvalue weighted by atomic mass is 9.97. The molecule has 5 heteroatoms. The van der Waals surface area contributed by atoms with Crippen molar-refractivity contribution in [3.05, 3.63) is 0 Å². The van der Waals surface area contributed by atoms with E-state index in [2.05, 4.69) is 0 Å². The Morgan fingerprint density at radius 3 is 2.79 bits per heavy atom. The van der Waals surface area contributed by atoms with Gasteiger partial charge in [-0.05, 0) is 33.6 Å². The van der Waals surface area contributed by atoms with E-state index in [4.69, 9.17) is 9.47 Å². The fraction of sp³-hybridized carbons (Fsp3) is 0.929. The molecule has 1 N–H and O–H groups in total. The summed E-state index contributed by atoms with van der Waals surface area (Å²) in [6, 6.07) is -0.266. The largest absolute Gasteiger partial charge is 0.444 e. The number of ether oxygens (including phenoxy) is 2. The van der Waals surface area contributed by atoms with E-state index in [1.807, 2.05) is 20.8 Å². The average molecular weight is 271 g/mol. The Balaban J connectivity index is 2.07. The van der Waals surface area contributed by atoms with Crippen LogP contribution in [0.15, 0.2) is 0 Å². The first-order valence-electron chi connectivity index (χ1n) is 7.14. The molecule has 19 heavy (non-hydrogen) atoms. The van der Waals surface area contributed by atoms with Crippen LogP contribution in [0, 0.1) is 5.92 Å². The number of fused-ring (bicyclic) bond motifs is 1. The SMILES string of the molecule is CC(C)(C)OC(=O)N1CC2CCCCOC2C1CO. The van der Waals surface area contributed by atoms with Crippen molar-refractivity contribution in [2.45, 2.75) is 57.8 Å². The van der Waals surface area contributed by atoms with Gasteiger partial charge in [0.15, 0.2) is 0 Å². The molecule has 2 aliphatic rings. The quantitative estimate of drug-likeness (QED) is 0.790. The molecule has 0 spiro atoms. The summed E-state index contributed by atoms with van der Waals surface area (Å²) < 4.78 is 11.2. The van der Waals surface area contributed by atoms with E-state index in [1.165, 1.54) is 0 Å². The summed E-state index contributed by atoms with van der Waals surface area (Å²) in [4.78, 5) is 13.8. The Morgan fingerprint density at radius 1 is 1.42 bits per heavy atom. The smallest absolute Gasteiger partial charge is 0.410 e. The predicted molar refractivity (Wildman–Crippen MR) is 70.9 cm³/mol. The van der Waals surface area contributed by atoms with Crippen molar-refractivity contribution in [3.63, 3.8) is 0 Å². The van der Waals surface area contributed by atoms with E-state index in [0.717, 1.165) is 25.9 Å². The van der Waals surface area contributed by atoms with Crippen molar-refractivity contribution in [1.82, 2.24) is 4.90 Å². The van der Waals surface area contributed by atoms with Crippen LogP contribution in [0.2, 0.25) is 0 Å². The highest BCUT2D eigenvalue weighted by molar-refractivity contribution is 5.69. The zero-order valence-electron chi connectivity index (χ0n) is 12.1. The van der Waals surface area contributed by atoms with E-state index in [0.29, 0.717) is 12.5 Å². The summed E-state index contributed by atoms with van der Waals surface area (Å²) in [6.45, 7) is 6.83. The van der Waals surface area contributed by atoms with Gasteiger partial charge in [-0.3, -0.25) is 4.90 Å². The van der Waals surface area contributed by atoms with Gasteiger partial charge in [-0.15, -0.1) is 0 Å². The molecule has 2 heterocycles. The lowest BCUT2D eigenvalue weighted by Crippen LogP contribution is -2.45. The third kappa shape index (κ3) is 3.39. The Kier molecular flexibility index (Phi) is 4.36. The van der Waals surface area contributed by atoms with Crippen molar-refractivity contribution >= 4 is 6.09 Å². The monoisotopic (exact) mass is 271 g/mol. The van der Waals surface area contributed by atoms with Gasteiger partial charge in [0.2, 0.25) is 0 Å². The van der Waals surface area contributed by atoms with Gasteiger partial charge in [-0.25, -0.2) is 4.79 Å². The highest BCUT2D eigenvalue weighted by atomic mass is 16.6. The number of hydrogen-bond donors (Lipinski definition) is 1. The molecule has 0 aliphatic carbocycles. The molecule has 0 aromatic rings. The van der Waals surface area contributed by atoms with Crippen LogP contribution in [0.3, 0.4) is 0 Å². The van der Waals surface area contributed by atoms with Crippen molar-refractivity contribution in [1.29, 1.82) is 0 Å². The molecule has 2 saturated heterocycles. The van der Waals surface area contributed by atoms with Crippen LogP contribution in [0.5, 0.6) is 0 Å². The van der Waals surface area contributed by atoms with Gasteiger partial charge < -0.3 is 14.6 Å². The summed E-state index contributed by atoms with van der Waals surface area (Å²) in [7, 11) is 0. The minimum atomic E-state index is -0.511. The van der Waals surface area contributed by atoms with Crippen LogP contribution >= 0.6 is 0 Å². The summed E-state index contributed by atoms with van der Waals surface area (Å²) in [5, 5.41) is 9.58. The van der Waals surface area contributed by atoms with Crippen LogP contribution in [0.1, 0.15) is 40.0 Å². The zero-order chi connectivity index (χ0) is 14.0. The summed E-state index contributed by atoms with van der Waals surface area (Å²) >= 11 is 0. The topological polar surface area (TPSA) is 59.0 Å². The third-order valence-electron chi connectivity index (χ3n) is 3.77. The molecule has 3 atom stereocenters. The second kappa shape index (κ2) is 5.67. The molecular formula is C14H25NO4. The minimum Gasteiger partial charge on any atom is -0.444 e. The zero-order valence-corrected chi connectivity index (χ0v) is 12.1. The van der Waals surface area contributed by atoms with E-state index >= 15 is 0 Å². The number of aliphatic hydroxyl groups excluding tert-OH is 1. The van der Waals surface area contributed by atoms with Crippen molar-refractivity contribution in [3.8, 4) is 0 Å². The number of aliphatic hydroxyl groups is 1. The van der Waals surface area contributed by atoms with Crippen LogP contribution < -0.4 is 0 Å². The molecule has 3 unspecified atom stereocenters. The molecule has 110 valence electrons. The average Bonchev–Trinajstić information content (AvgIpc) is 2.49. The maximum Gasteiger partial charge on any atom is 0.410 e. The lowest BCUT2D eigenvalue weighted by molar-refractivity contribution is -0.0154. The number of likely N-dealkylation sites (tertiary alicyclic amines) is 1. The number of rotatable bonds is 1. The molecule has 0 bridgehead atoms. The highest BCUT2D eigenvalue weighted by Crippen LogP contribution is 2.33. The van der Waals surface area contributed by atoms with E-state index in [9.17, 15) is 9.90 Å². The third-order valence-corrected chi connectivity index (χ3v) is 3.77. The number of amides is 1. The molecule has 0 aromatic heterocycles. The first-order chi connectivity index (χ1) is 8.92. The molecule has 1 amide bonds. The maximum absolute atomic E-state index is 12.2. The summed E-state index contributed by atoms with van der Waals surface area (Å²) in [6.07, 6.45) is 2.86. The van der Waals surface area contributed by atoms with E-state index in [-0.39, 0.29) is 24.8 Å². The van der Waals surface area contributed by atoms with Crippen LogP contribution in [-0.4, -0.2) is 53.6 Å². The first-order valence-corrected chi connectivity index (χ1v) is 7.14. The second-order valence-corrected chi connectivity index (χ2v) is 6.47. The van der Waals surface area contributed by atoms with Crippen molar-refractivity contribution in [2.24, 2.45) is 5.92 Å². The van der Waals surface area contributed by atoms with Gasteiger partial charge in [0.25, 0.3) is 0 Å². The van der Waals surface area contributed by atoms with Gasteiger partial charge in [0.05, 0.1) is 18.8 Å². The van der Waals surface area contributed by atoms with Crippen LogP contribution in [0.25, 0.3) is 0 Å². The summed E-state index contributed by atoms with van der Waals surface area (Å²) in [5.74, 6) is 0.326. The van der Waals surface area contributed by atoms with Gasteiger partial charge in [-0.1, -0.05) is 6.42 Å². The number of carbonyl (C=O) groups excluding carboxylic acids is 1. The maximum atomic E-state index is 12.2. The Bertz CT molecular complexity index is 326. The standard InChI is InChI=1S/C14H25NO4/c1-14(2,3)19-13(17)15-8-10-6-4-5-7-18-12(10)11(15)9-16/h10-12,16H,4-9H2,1-3H3. The minimum absolute atomic E-state index is 0.0416. The van der Waals surface area contributed by atoms with E-state index < -0.39 is 5.60 Å². The Labute approximate surface area is 114 Å². The number of carbonyl (C=O) groups is 1. The fourth-order valence-electron chi connectivity index (χ4n) is 2.95. The molecule has 0 radical (unpaired) electrons.